The van der Waals surface area contributed by atoms with Crippen LogP contribution in [0.1, 0.15) is 57.2 Å². The molecule has 1 heterocycles. The molecule has 1 saturated carbocycles. The average Bonchev–Trinajstić information content (AvgIpc) is 3.57. The van der Waals surface area contributed by atoms with Gasteiger partial charge in [-0.2, -0.15) is 0 Å². The van der Waals surface area contributed by atoms with E-state index in [9.17, 15) is 9.59 Å². The summed E-state index contributed by atoms with van der Waals surface area (Å²) in [6, 6.07) is 17.6. The lowest BCUT2D eigenvalue weighted by Crippen LogP contribution is -2.53. The third kappa shape index (κ3) is 4.08. The van der Waals surface area contributed by atoms with Gasteiger partial charge in [0.2, 0.25) is 0 Å². The fraction of sp³-hybridized carbons (Fsp3) is 0.290. The number of nitrogens with two attached hydrogens (primary N) is 3. The highest BCUT2D eigenvalue weighted by Crippen LogP contribution is 2.50. The Kier molecular flexibility index (Phi) is 6.62. The Hall–Kier alpha value is -3.76. The number of nitrogens with one attached hydrogen (secondary N) is 2. The van der Waals surface area contributed by atoms with Crippen molar-refractivity contribution >= 4 is 38.8 Å². The predicted molar refractivity (Wildman–Crippen MR) is 159 cm³/mol. The first-order chi connectivity index (χ1) is 19.2. The normalized spacial score (nSPS) is 23.9. The number of ether oxygens (including phenoxy) is 1. The van der Waals surface area contributed by atoms with E-state index in [2.05, 4.69) is 10.6 Å². The van der Waals surface area contributed by atoms with Crippen molar-refractivity contribution < 1.29 is 14.3 Å². The number of carbonyl (C=O) groups excluding carboxylic acids is 2. The molecule has 0 spiro atoms. The molecule has 1 aromatic heterocycles. The van der Waals surface area contributed by atoms with E-state index < -0.39 is 11.6 Å². The highest BCUT2D eigenvalue weighted by molar-refractivity contribution is 7.21. The van der Waals surface area contributed by atoms with Crippen LogP contribution in [0.15, 0.2) is 60.7 Å². The van der Waals surface area contributed by atoms with E-state index in [-0.39, 0.29) is 23.8 Å². The topological polar surface area (TPSA) is 145 Å². The van der Waals surface area contributed by atoms with E-state index in [0.717, 1.165) is 24.8 Å². The second kappa shape index (κ2) is 10.0. The molecule has 8 nitrogen and oxygen atoms in total. The maximum atomic E-state index is 14.1. The Balaban J connectivity index is 1.44. The minimum absolute atomic E-state index is 0.00937. The molecule has 3 aromatic carbocycles. The molecular formula is C31H33N5O3S. The van der Waals surface area contributed by atoms with Crippen LogP contribution in [0.3, 0.4) is 0 Å². The fourth-order valence-electron chi connectivity index (χ4n) is 6.31. The van der Waals surface area contributed by atoms with Gasteiger partial charge in [-0.25, -0.2) is 0 Å². The van der Waals surface area contributed by atoms with Crippen molar-refractivity contribution in [2.75, 3.05) is 12.8 Å². The summed E-state index contributed by atoms with van der Waals surface area (Å²) in [6.45, 7) is 1.90. The first kappa shape index (κ1) is 26.5. The fourth-order valence-corrected chi connectivity index (χ4v) is 7.51. The molecule has 0 radical (unpaired) electrons. The summed E-state index contributed by atoms with van der Waals surface area (Å²) < 4.78 is 6.71. The molecule has 1 amide bonds. The van der Waals surface area contributed by atoms with Gasteiger partial charge in [0.05, 0.1) is 15.6 Å². The Morgan fingerprint density at radius 2 is 1.75 bits per heavy atom. The quantitative estimate of drug-likeness (QED) is 0.224. The zero-order valence-electron chi connectivity index (χ0n) is 22.5. The van der Waals surface area contributed by atoms with Crippen LogP contribution < -0.4 is 32.6 Å². The minimum Gasteiger partial charge on any atom is -0.457 e. The van der Waals surface area contributed by atoms with Crippen molar-refractivity contribution in [1.29, 1.82) is 0 Å². The number of nitrogen functional groups attached to an aromatic ring is 1. The van der Waals surface area contributed by atoms with Crippen molar-refractivity contribution in [1.82, 2.24) is 10.6 Å². The van der Waals surface area contributed by atoms with Crippen LogP contribution in [0.2, 0.25) is 0 Å². The zero-order chi connectivity index (χ0) is 28.2. The summed E-state index contributed by atoms with van der Waals surface area (Å²) in [4.78, 5) is 28.1. The van der Waals surface area contributed by atoms with Crippen molar-refractivity contribution in [3.63, 3.8) is 0 Å². The Bertz CT molecular complexity index is 1640. The molecule has 0 bridgehead atoms. The van der Waals surface area contributed by atoms with Gasteiger partial charge >= 0.3 is 0 Å². The molecule has 2 aliphatic carbocycles. The van der Waals surface area contributed by atoms with E-state index >= 15 is 0 Å². The van der Waals surface area contributed by atoms with Crippen LogP contribution in [0.25, 0.3) is 10.1 Å². The number of rotatable bonds is 6. The molecule has 0 saturated heterocycles. The molecule has 40 heavy (non-hydrogen) atoms. The molecule has 1 fully saturated rings. The molecule has 2 unspecified atom stereocenters. The number of thiophene rings is 1. The van der Waals surface area contributed by atoms with Gasteiger partial charge < -0.3 is 32.6 Å². The third-order valence-corrected chi connectivity index (χ3v) is 9.58. The number of carbonyl (C=O) groups is 2. The summed E-state index contributed by atoms with van der Waals surface area (Å²) in [5.41, 5.74) is 21.7. The van der Waals surface area contributed by atoms with Crippen LogP contribution in [0.4, 0.5) is 5.69 Å². The zero-order valence-corrected chi connectivity index (χ0v) is 23.3. The van der Waals surface area contributed by atoms with Gasteiger partial charge in [0, 0.05) is 28.7 Å². The lowest BCUT2D eigenvalue weighted by atomic mass is 9.69. The molecule has 0 aliphatic heterocycles. The summed E-state index contributed by atoms with van der Waals surface area (Å²) in [7, 11) is 1.91. The second-order valence-electron chi connectivity index (χ2n) is 10.7. The van der Waals surface area contributed by atoms with E-state index in [1.54, 1.807) is 18.2 Å². The maximum Gasteiger partial charge on any atom is 0.262 e. The SMILES string of the molecule is CN[C@H]1CCC[C@@H]1NC(=O)c1sc2c(N)ccc3c2c1C(N)C(=O)C3(N)c1ccc(Oc2ccccc2)cc1C. The van der Waals surface area contributed by atoms with Crippen molar-refractivity contribution in [3.8, 4) is 11.5 Å². The van der Waals surface area contributed by atoms with Gasteiger partial charge in [-0.1, -0.05) is 30.3 Å². The monoisotopic (exact) mass is 555 g/mol. The molecule has 6 rings (SSSR count). The summed E-state index contributed by atoms with van der Waals surface area (Å²) >= 11 is 1.27. The van der Waals surface area contributed by atoms with Gasteiger partial charge in [0.1, 0.15) is 17.0 Å². The largest absolute Gasteiger partial charge is 0.457 e. The highest BCUT2D eigenvalue weighted by atomic mass is 32.1. The maximum absolute atomic E-state index is 14.1. The van der Waals surface area contributed by atoms with E-state index in [1.807, 2.05) is 56.4 Å². The van der Waals surface area contributed by atoms with E-state index in [1.165, 1.54) is 11.3 Å². The predicted octanol–water partition coefficient (Wildman–Crippen LogP) is 4.24. The smallest absolute Gasteiger partial charge is 0.262 e. The summed E-state index contributed by atoms with van der Waals surface area (Å²) in [5.74, 6) is 0.737. The van der Waals surface area contributed by atoms with E-state index in [0.29, 0.717) is 48.8 Å². The van der Waals surface area contributed by atoms with Crippen molar-refractivity contribution in [2.45, 2.75) is 49.9 Å². The van der Waals surface area contributed by atoms with Crippen LogP contribution >= 0.6 is 11.3 Å². The number of benzene rings is 3. The molecular weight excluding hydrogens is 522 g/mol. The van der Waals surface area contributed by atoms with Gasteiger partial charge in [-0.3, -0.25) is 9.59 Å². The summed E-state index contributed by atoms with van der Waals surface area (Å²) in [6.07, 6.45) is 2.93. The minimum atomic E-state index is -1.52. The summed E-state index contributed by atoms with van der Waals surface area (Å²) in [5, 5.41) is 7.16. The molecule has 4 atom stereocenters. The number of amides is 1. The van der Waals surface area contributed by atoms with Gasteiger partial charge in [0.15, 0.2) is 5.78 Å². The standard InChI is InChI=1S/C31H33N5O3S/c1-16-15-18(39-17-7-4-3-5-8-17)11-12-19(16)31(34)20-13-14-21(32)27-24(20)25(26(33)29(31)37)28(40-27)30(38)36-23-10-6-9-22(23)35-2/h3-5,7-8,11-15,22-23,26,35H,6,9-10,32-34H2,1-2H3,(H,36,38)/t22-,23-,26?,31?/m0/s1. The number of hydrogen-bond donors (Lipinski definition) is 5. The number of Topliss-reactive ketones (excluding diaryl/α,β-unsaturated/α-hetero) is 1. The first-order valence-electron chi connectivity index (χ1n) is 13.5. The molecule has 4 aromatic rings. The van der Waals surface area contributed by atoms with Gasteiger partial charge in [0.25, 0.3) is 5.91 Å². The van der Waals surface area contributed by atoms with Crippen LogP contribution in [0.5, 0.6) is 11.5 Å². The number of hydrogen-bond acceptors (Lipinski definition) is 8. The lowest BCUT2D eigenvalue weighted by Gasteiger charge is -2.37. The Morgan fingerprint density at radius 3 is 2.48 bits per heavy atom. The lowest BCUT2D eigenvalue weighted by molar-refractivity contribution is -0.124. The first-order valence-corrected chi connectivity index (χ1v) is 14.3. The van der Waals surface area contributed by atoms with Crippen molar-refractivity contribution in [2.24, 2.45) is 11.5 Å². The Labute approximate surface area is 236 Å². The highest BCUT2D eigenvalue weighted by Gasteiger charge is 2.49. The second-order valence-corrected chi connectivity index (χ2v) is 11.7. The van der Waals surface area contributed by atoms with Crippen LogP contribution in [-0.4, -0.2) is 30.8 Å². The third-order valence-electron chi connectivity index (χ3n) is 8.32. The average molecular weight is 556 g/mol. The molecule has 206 valence electrons. The van der Waals surface area contributed by atoms with Gasteiger partial charge in [-0.15, -0.1) is 11.3 Å². The van der Waals surface area contributed by atoms with Crippen LogP contribution in [0, 0.1) is 6.92 Å². The number of likely N-dealkylation sites (N-methyl/N-ethyl adjacent to an activating group) is 1. The number of anilines is 1. The van der Waals surface area contributed by atoms with E-state index in [4.69, 9.17) is 21.9 Å². The van der Waals surface area contributed by atoms with Crippen LogP contribution in [-0.2, 0) is 10.3 Å². The number of aryl methyl sites for hydroxylation is 1. The number of para-hydroxylation sites is 1. The molecule has 9 heteroatoms. The Morgan fingerprint density at radius 1 is 1.02 bits per heavy atom. The molecule has 8 N–H and O–H groups in total. The molecule has 2 aliphatic rings. The van der Waals surface area contributed by atoms with Crippen molar-refractivity contribution in [3.05, 3.63) is 87.8 Å². The number of ketones is 1. The van der Waals surface area contributed by atoms with Gasteiger partial charge in [-0.05, 0) is 80.3 Å².